The van der Waals surface area contributed by atoms with E-state index in [1.807, 2.05) is 31.1 Å². The molecule has 0 aliphatic carbocycles. The number of aromatic carboxylic acids is 1. The zero-order valence-electron chi connectivity index (χ0n) is 20.4. The lowest BCUT2D eigenvalue weighted by Crippen LogP contribution is -2.36. The van der Waals surface area contributed by atoms with Gasteiger partial charge in [0.2, 0.25) is 0 Å². The maximum absolute atomic E-state index is 13.0. The van der Waals surface area contributed by atoms with Crippen LogP contribution in [0.3, 0.4) is 0 Å². The number of anilines is 3. The maximum Gasteiger partial charge on any atom is 0.335 e. The molecule has 3 aromatic rings. The molecule has 5 N–H and O–H groups in total. The first-order chi connectivity index (χ1) is 17.2. The zero-order chi connectivity index (χ0) is 26.1. The third kappa shape index (κ3) is 7.57. The fourth-order valence-corrected chi connectivity index (χ4v) is 3.52. The van der Waals surface area contributed by atoms with Gasteiger partial charge in [-0.2, -0.15) is 0 Å². The third-order valence-corrected chi connectivity index (χ3v) is 5.50. The Bertz CT molecular complexity index is 1190. The summed E-state index contributed by atoms with van der Waals surface area (Å²) >= 11 is 0. The molecule has 3 amide bonds. The number of benzene rings is 3. The van der Waals surface area contributed by atoms with Crippen molar-refractivity contribution in [1.29, 1.82) is 0 Å². The number of amides is 3. The highest BCUT2D eigenvalue weighted by atomic mass is 16.4. The van der Waals surface area contributed by atoms with E-state index in [0.717, 1.165) is 18.5 Å². The van der Waals surface area contributed by atoms with E-state index < -0.39 is 5.97 Å². The molecule has 36 heavy (non-hydrogen) atoms. The van der Waals surface area contributed by atoms with Crippen LogP contribution in [0.25, 0.3) is 0 Å². The quantitative estimate of drug-likeness (QED) is 0.316. The summed E-state index contributed by atoms with van der Waals surface area (Å²) in [6.07, 6.45) is 0.775. The molecular weight excluding hydrogens is 458 g/mol. The molecule has 0 saturated heterocycles. The van der Waals surface area contributed by atoms with Gasteiger partial charge < -0.3 is 31.3 Å². The first kappa shape index (κ1) is 26.2. The van der Waals surface area contributed by atoms with Crippen LogP contribution in [-0.2, 0) is 6.54 Å². The van der Waals surface area contributed by atoms with E-state index in [4.69, 9.17) is 10.8 Å². The number of carboxylic acid groups (broad SMARTS) is 1. The number of urea groups is 1. The Morgan fingerprint density at radius 2 is 1.47 bits per heavy atom. The maximum atomic E-state index is 13.0. The first-order valence-corrected chi connectivity index (χ1v) is 11.5. The summed E-state index contributed by atoms with van der Waals surface area (Å²) in [5.41, 5.74) is 8.94. The average molecular weight is 490 g/mol. The minimum absolute atomic E-state index is 0.148. The second-order valence-corrected chi connectivity index (χ2v) is 8.63. The van der Waals surface area contributed by atoms with Gasteiger partial charge in [0.1, 0.15) is 0 Å². The number of carboxylic acids is 1. The van der Waals surface area contributed by atoms with Crippen molar-refractivity contribution in [2.24, 2.45) is 0 Å². The van der Waals surface area contributed by atoms with Gasteiger partial charge in [-0.25, -0.2) is 9.59 Å². The molecule has 3 rings (SSSR count). The zero-order valence-corrected chi connectivity index (χ0v) is 20.4. The Labute approximate surface area is 210 Å². The van der Waals surface area contributed by atoms with Crippen LogP contribution in [0.15, 0.2) is 72.8 Å². The fraction of sp³-hybridized carbons (Fsp3) is 0.222. The van der Waals surface area contributed by atoms with Crippen LogP contribution in [0.5, 0.6) is 0 Å². The number of carbonyl (C=O) groups excluding carboxylic acids is 2. The topological polar surface area (TPSA) is 128 Å². The average Bonchev–Trinajstić information content (AvgIpc) is 2.85. The van der Waals surface area contributed by atoms with E-state index in [1.165, 1.54) is 12.1 Å². The Kier molecular flexibility index (Phi) is 9.01. The SMILES string of the molecule is CN(C)CCCN(Cc1ccc(C(=O)Nc2ccccc2N)cc1)C(=O)Nc1ccc(C(=O)O)cc1. The van der Waals surface area contributed by atoms with Gasteiger partial charge in [0.15, 0.2) is 0 Å². The molecule has 0 radical (unpaired) electrons. The van der Waals surface area contributed by atoms with Crippen molar-refractivity contribution < 1.29 is 19.5 Å². The monoisotopic (exact) mass is 489 g/mol. The smallest absolute Gasteiger partial charge is 0.335 e. The molecule has 0 aliphatic rings. The standard InChI is InChI=1S/C27H31N5O4/c1-31(2)16-5-17-32(27(36)29-22-14-12-21(13-15-22)26(34)35)18-19-8-10-20(11-9-19)25(33)30-24-7-4-3-6-23(24)28/h3-4,6-15H,5,16-18,28H2,1-2H3,(H,29,36)(H,30,33)(H,34,35). The molecule has 0 aromatic heterocycles. The minimum Gasteiger partial charge on any atom is -0.478 e. The van der Waals surface area contributed by atoms with Crippen LogP contribution in [0.1, 0.15) is 32.7 Å². The predicted octanol–water partition coefficient (Wildman–Crippen LogP) is 4.21. The van der Waals surface area contributed by atoms with E-state index >= 15 is 0 Å². The van der Waals surface area contributed by atoms with E-state index in [9.17, 15) is 14.4 Å². The number of hydrogen-bond acceptors (Lipinski definition) is 5. The lowest BCUT2D eigenvalue weighted by atomic mass is 10.1. The summed E-state index contributed by atoms with van der Waals surface area (Å²) in [5.74, 6) is -1.30. The number of hydrogen-bond donors (Lipinski definition) is 4. The van der Waals surface area contributed by atoms with Crippen molar-refractivity contribution in [3.05, 3.63) is 89.5 Å². The normalized spacial score (nSPS) is 10.6. The summed E-state index contributed by atoms with van der Waals surface area (Å²) in [6.45, 7) is 1.69. The van der Waals surface area contributed by atoms with Crippen molar-refractivity contribution in [3.63, 3.8) is 0 Å². The van der Waals surface area contributed by atoms with Gasteiger partial charge in [0.05, 0.1) is 16.9 Å². The molecule has 0 aliphatic heterocycles. The number of nitrogens with zero attached hydrogens (tertiary/aromatic N) is 2. The molecule has 0 bridgehead atoms. The van der Waals surface area contributed by atoms with Gasteiger partial charge in [-0.3, -0.25) is 4.79 Å². The minimum atomic E-state index is -1.03. The third-order valence-electron chi connectivity index (χ3n) is 5.50. The molecule has 9 nitrogen and oxygen atoms in total. The summed E-state index contributed by atoms with van der Waals surface area (Å²) in [7, 11) is 3.95. The van der Waals surface area contributed by atoms with Crippen molar-refractivity contribution >= 4 is 35.0 Å². The van der Waals surface area contributed by atoms with Gasteiger partial charge >= 0.3 is 12.0 Å². The molecule has 0 fully saturated rings. The van der Waals surface area contributed by atoms with Crippen LogP contribution in [0, 0.1) is 0 Å². The largest absolute Gasteiger partial charge is 0.478 e. The Morgan fingerprint density at radius 3 is 2.08 bits per heavy atom. The molecule has 9 heteroatoms. The second-order valence-electron chi connectivity index (χ2n) is 8.63. The van der Waals surface area contributed by atoms with Crippen molar-refractivity contribution in [3.8, 4) is 0 Å². The van der Waals surface area contributed by atoms with Gasteiger partial charge in [-0.15, -0.1) is 0 Å². The highest BCUT2D eigenvalue weighted by Gasteiger charge is 2.16. The fourth-order valence-electron chi connectivity index (χ4n) is 3.52. The molecular formula is C27H31N5O4. The molecule has 3 aromatic carbocycles. The Hall–Kier alpha value is -4.37. The molecule has 0 spiro atoms. The van der Waals surface area contributed by atoms with E-state index in [-0.39, 0.29) is 17.5 Å². The van der Waals surface area contributed by atoms with E-state index in [0.29, 0.717) is 35.7 Å². The molecule has 0 heterocycles. The van der Waals surface area contributed by atoms with E-state index in [2.05, 4.69) is 10.6 Å². The number of carbonyl (C=O) groups is 3. The van der Waals surface area contributed by atoms with Crippen molar-refractivity contribution in [2.45, 2.75) is 13.0 Å². The van der Waals surface area contributed by atoms with Crippen LogP contribution >= 0.6 is 0 Å². The van der Waals surface area contributed by atoms with Gasteiger partial charge in [0.25, 0.3) is 5.91 Å². The van der Waals surface area contributed by atoms with Crippen LogP contribution in [-0.4, -0.2) is 60.0 Å². The predicted molar refractivity (Wildman–Crippen MR) is 141 cm³/mol. The summed E-state index contributed by atoms with van der Waals surface area (Å²) in [4.78, 5) is 40.4. The lowest BCUT2D eigenvalue weighted by molar-refractivity contribution is 0.0696. The lowest BCUT2D eigenvalue weighted by Gasteiger charge is -2.24. The van der Waals surface area contributed by atoms with Gasteiger partial charge in [-0.05, 0) is 81.2 Å². The summed E-state index contributed by atoms with van der Waals surface area (Å²) in [6, 6.07) is 19.8. The number of nitrogens with one attached hydrogen (secondary N) is 2. The van der Waals surface area contributed by atoms with Crippen LogP contribution in [0.2, 0.25) is 0 Å². The van der Waals surface area contributed by atoms with Crippen molar-refractivity contribution in [2.75, 3.05) is 43.6 Å². The summed E-state index contributed by atoms with van der Waals surface area (Å²) < 4.78 is 0. The van der Waals surface area contributed by atoms with Crippen LogP contribution in [0.4, 0.5) is 21.9 Å². The molecule has 188 valence electrons. The molecule has 0 atom stereocenters. The van der Waals surface area contributed by atoms with E-state index in [1.54, 1.807) is 53.4 Å². The Morgan fingerprint density at radius 1 is 0.833 bits per heavy atom. The number of nitrogen functional groups attached to an aromatic ring is 1. The number of para-hydroxylation sites is 2. The van der Waals surface area contributed by atoms with Gasteiger partial charge in [-0.1, -0.05) is 24.3 Å². The number of rotatable bonds is 10. The summed E-state index contributed by atoms with van der Waals surface area (Å²) in [5, 5.41) is 14.7. The first-order valence-electron chi connectivity index (χ1n) is 11.5. The molecule has 0 unspecified atom stereocenters. The number of nitrogens with two attached hydrogens (primary N) is 1. The highest BCUT2D eigenvalue weighted by Crippen LogP contribution is 2.18. The highest BCUT2D eigenvalue weighted by molar-refractivity contribution is 6.05. The molecule has 0 saturated carbocycles. The van der Waals surface area contributed by atoms with Gasteiger partial charge in [0, 0.05) is 24.3 Å². The van der Waals surface area contributed by atoms with Crippen molar-refractivity contribution in [1.82, 2.24) is 9.80 Å². The Balaban J connectivity index is 1.67. The second kappa shape index (κ2) is 12.4. The van der Waals surface area contributed by atoms with Crippen LogP contribution < -0.4 is 16.4 Å².